The molecule has 2 rings (SSSR count). The Labute approximate surface area is 118 Å². The zero-order chi connectivity index (χ0) is 14.2. The van der Waals surface area contributed by atoms with Crippen molar-refractivity contribution in [2.45, 2.75) is 50.4 Å². The minimum absolute atomic E-state index is 0.0108. The van der Waals surface area contributed by atoms with Gasteiger partial charge in [-0.05, 0) is 37.0 Å². The maximum Gasteiger partial charge on any atom is 0.347 e. The molecule has 1 heterocycles. The first-order valence-corrected chi connectivity index (χ1v) is 7.96. The number of hydrogen-bond acceptors (Lipinski definition) is 4. The van der Waals surface area contributed by atoms with E-state index in [-0.39, 0.29) is 12.5 Å². The van der Waals surface area contributed by atoms with Gasteiger partial charge in [-0.25, -0.2) is 4.79 Å². The molecule has 2 N–H and O–H groups in total. The van der Waals surface area contributed by atoms with Gasteiger partial charge in [0.15, 0.2) is 0 Å². The minimum Gasteiger partial charge on any atom is -0.478 e. The van der Waals surface area contributed by atoms with E-state index in [1.54, 1.807) is 0 Å². The Morgan fingerprint density at radius 3 is 2.53 bits per heavy atom. The van der Waals surface area contributed by atoms with Gasteiger partial charge in [-0.15, -0.1) is 0 Å². The van der Waals surface area contributed by atoms with Gasteiger partial charge in [0, 0.05) is 5.92 Å². The summed E-state index contributed by atoms with van der Waals surface area (Å²) in [7, 11) is 0. The largest absolute Gasteiger partial charge is 0.478 e. The molecular weight excluding hydrogens is 264 g/mol. The van der Waals surface area contributed by atoms with Gasteiger partial charge in [-0.1, -0.05) is 32.5 Å². The van der Waals surface area contributed by atoms with Crippen LogP contribution in [0.5, 0.6) is 0 Å². The van der Waals surface area contributed by atoms with E-state index in [0.29, 0.717) is 17.8 Å². The van der Waals surface area contributed by atoms with Crippen LogP contribution in [-0.4, -0.2) is 33.2 Å². The van der Waals surface area contributed by atoms with Crippen molar-refractivity contribution in [2.75, 3.05) is 6.61 Å². The number of ether oxygens (including phenoxy) is 1. The smallest absolute Gasteiger partial charge is 0.347 e. The van der Waals surface area contributed by atoms with E-state index in [2.05, 4.69) is 20.8 Å². The van der Waals surface area contributed by atoms with Gasteiger partial charge < -0.3 is 14.9 Å². The van der Waals surface area contributed by atoms with Crippen molar-refractivity contribution in [3.63, 3.8) is 0 Å². The highest BCUT2D eigenvalue weighted by molar-refractivity contribution is 8.01. The fourth-order valence-electron chi connectivity index (χ4n) is 3.48. The normalized spacial score (nSPS) is 43.6. The van der Waals surface area contributed by atoms with Crippen LogP contribution < -0.4 is 0 Å². The van der Waals surface area contributed by atoms with Crippen LogP contribution in [0, 0.1) is 23.7 Å². The molecule has 1 saturated heterocycles. The van der Waals surface area contributed by atoms with Crippen LogP contribution in [0.1, 0.15) is 40.0 Å². The second kappa shape index (κ2) is 5.62. The summed E-state index contributed by atoms with van der Waals surface area (Å²) >= 11 is 1.08. The highest BCUT2D eigenvalue weighted by Gasteiger charge is 2.55. The molecule has 0 aromatic rings. The minimum atomic E-state index is -1.23. The first-order chi connectivity index (χ1) is 8.85. The number of carboxylic acids is 1. The monoisotopic (exact) mass is 288 g/mol. The van der Waals surface area contributed by atoms with Crippen molar-refractivity contribution in [1.29, 1.82) is 0 Å². The average molecular weight is 288 g/mol. The van der Waals surface area contributed by atoms with Crippen molar-refractivity contribution in [3.8, 4) is 0 Å². The summed E-state index contributed by atoms with van der Waals surface area (Å²) in [4.78, 5) is 10.5. The standard InChI is InChI=1S/C14H24O4S/c1-8(2)10-4-9(3)5-11(6-10)14(13(16)17)18-7-12(15)19-14/h8-12,15H,4-7H2,1-3H3,(H,16,17)/t9-,10?,11?,12-,14+/m0/s1. The van der Waals surface area contributed by atoms with Gasteiger partial charge >= 0.3 is 5.97 Å². The highest BCUT2D eigenvalue weighted by atomic mass is 32.2. The fourth-order valence-corrected chi connectivity index (χ4v) is 4.64. The quantitative estimate of drug-likeness (QED) is 0.835. The lowest BCUT2D eigenvalue weighted by Gasteiger charge is -2.41. The van der Waals surface area contributed by atoms with Crippen LogP contribution in [0.25, 0.3) is 0 Å². The topological polar surface area (TPSA) is 66.8 Å². The van der Waals surface area contributed by atoms with Crippen molar-refractivity contribution >= 4 is 17.7 Å². The Morgan fingerprint density at radius 2 is 2.05 bits per heavy atom. The van der Waals surface area contributed by atoms with E-state index in [9.17, 15) is 15.0 Å². The number of aliphatic hydroxyl groups is 1. The van der Waals surface area contributed by atoms with Crippen LogP contribution in [0.15, 0.2) is 0 Å². The number of carbonyl (C=O) groups is 1. The second-order valence-corrected chi connectivity index (χ2v) is 7.76. The van der Waals surface area contributed by atoms with Gasteiger partial charge in [-0.2, -0.15) is 0 Å². The Bertz CT molecular complexity index is 346. The molecule has 1 saturated carbocycles. The third-order valence-corrected chi connectivity index (χ3v) is 5.89. The Balaban J connectivity index is 2.20. The summed E-state index contributed by atoms with van der Waals surface area (Å²) in [5.41, 5.74) is -0.717. The molecule has 5 atom stereocenters. The molecule has 1 aliphatic heterocycles. The molecule has 110 valence electrons. The molecular formula is C14H24O4S. The van der Waals surface area contributed by atoms with E-state index >= 15 is 0 Å². The predicted molar refractivity (Wildman–Crippen MR) is 74.7 cm³/mol. The lowest BCUT2D eigenvalue weighted by molar-refractivity contribution is -0.160. The number of aliphatic hydroxyl groups excluding tert-OH is 1. The van der Waals surface area contributed by atoms with Gasteiger partial charge in [0.25, 0.3) is 0 Å². The SMILES string of the molecule is CC(C)C1CC([C@@]2(C(=O)O)OC[C@@H](O)S2)C[C@@H](C)C1. The number of rotatable bonds is 3. The van der Waals surface area contributed by atoms with Crippen LogP contribution in [0.2, 0.25) is 0 Å². The summed E-state index contributed by atoms with van der Waals surface area (Å²) in [6, 6.07) is 0. The lowest BCUT2D eigenvalue weighted by Crippen LogP contribution is -2.46. The van der Waals surface area contributed by atoms with Crippen LogP contribution in [0.3, 0.4) is 0 Å². The third-order valence-electron chi connectivity index (χ3n) is 4.51. The molecule has 4 nitrogen and oxygen atoms in total. The van der Waals surface area contributed by atoms with Crippen molar-refractivity contribution in [3.05, 3.63) is 0 Å². The number of hydrogen-bond donors (Lipinski definition) is 2. The number of aliphatic carboxylic acids is 1. The Kier molecular flexibility index (Phi) is 4.48. The first-order valence-electron chi connectivity index (χ1n) is 7.08. The summed E-state index contributed by atoms with van der Waals surface area (Å²) in [5.74, 6) is 0.683. The van der Waals surface area contributed by atoms with Crippen molar-refractivity contribution in [1.82, 2.24) is 0 Å². The molecule has 0 spiro atoms. The molecule has 2 aliphatic rings. The lowest BCUT2D eigenvalue weighted by atomic mass is 9.70. The maximum atomic E-state index is 11.7. The number of thioether (sulfide) groups is 1. The zero-order valence-corrected chi connectivity index (χ0v) is 12.7. The fraction of sp³-hybridized carbons (Fsp3) is 0.929. The van der Waals surface area contributed by atoms with Gasteiger partial charge in [-0.3, -0.25) is 0 Å². The summed E-state index contributed by atoms with van der Waals surface area (Å²) in [6.07, 6.45) is 2.92. The maximum absolute atomic E-state index is 11.7. The molecule has 19 heavy (non-hydrogen) atoms. The summed E-state index contributed by atoms with van der Waals surface area (Å²) in [6.45, 7) is 6.71. The van der Waals surface area contributed by atoms with E-state index in [4.69, 9.17) is 4.74 Å². The van der Waals surface area contributed by atoms with Crippen molar-refractivity contribution in [2.24, 2.45) is 23.7 Å². The van der Waals surface area contributed by atoms with E-state index < -0.39 is 16.3 Å². The molecule has 0 aromatic heterocycles. The summed E-state index contributed by atoms with van der Waals surface area (Å²) < 4.78 is 5.54. The van der Waals surface area contributed by atoms with E-state index in [1.165, 1.54) is 0 Å². The molecule has 5 heteroatoms. The first kappa shape index (κ1) is 15.1. The second-order valence-electron chi connectivity index (χ2n) is 6.37. The molecule has 0 amide bonds. The van der Waals surface area contributed by atoms with Crippen LogP contribution >= 0.6 is 11.8 Å². The van der Waals surface area contributed by atoms with E-state index in [1.807, 2.05) is 0 Å². The molecule has 0 aromatic carbocycles. The van der Waals surface area contributed by atoms with Crippen molar-refractivity contribution < 1.29 is 19.7 Å². The zero-order valence-electron chi connectivity index (χ0n) is 11.8. The van der Waals surface area contributed by atoms with Gasteiger partial charge in [0.05, 0.1) is 6.61 Å². The van der Waals surface area contributed by atoms with Gasteiger partial charge in [0.1, 0.15) is 5.44 Å². The highest BCUT2D eigenvalue weighted by Crippen LogP contribution is 2.51. The molecule has 1 aliphatic carbocycles. The molecule has 0 bridgehead atoms. The van der Waals surface area contributed by atoms with E-state index in [0.717, 1.165) is 31.0 Å². The number of carboxylic acid groups (broad SMARTS) is 1. The van der Waals surface area contributed by atoms with Crippen LogP contribution in [-0.2, 0) is 9.53 Å². The average Bonchev–Trinajstić information content (AvgIpc) is 2.72. The Morgan fingerprint density at radius 1 is 1.37 bits per heavy atom. The Hall–Kier alpha value is -0.260. The summed E-state index contributed by atoms with van der Waals surface area (Å²) in [5, 5.41) is 19.2. The molecule has 0 radical (unpaired) electrons. The third kappa shape index (κ3) is 2.93. The molecule has 2 fully saturated rings. The molecule has 2 unspecified atom stereocenters. The van der Waals surface area contributed by atoms with Crippen LogP contribution in [0.4, 0.5) is 0 Å². The predicted octanol–water partition coefficient (Wildman–Crippen LogP) is 2.56. The van der Waals surface area contributed by atoms with Gasteiger partial charge in [0.2, 0.25) is 4.93 Å².